The number of anilines is 1. The molecule has 0 spiro atoms. The van der Waals surface area contributed by atoms with Crippen molar-refractivity contribution in [1.29, 1.82) is 0 Å². The van der Waals surface area contributed by atoms with Crippen molar-refractivity contribution in [1.82, 2.24) is 9.55 Å². The fourth-order valence-electron chi connectivity index (χ4n) is 1.68. The molecule has 1 amide bonds. The highest BCUT2D eigenvalue weighted by molar-refractivity contribution is 6.03. The number of carbonyl (C=O) groups is 1. The van der Waals surface area contributed by atoms with Crippen LogP contribution in [0.4, 0.5) is 10.1 Å². The molecule has 0 saturated carbocycles. The quantitative estimate of drug-likeness (QED) is 0.848. The summed E-state index contributed by atoms with van der Waals surface area (Å²) in [6.45, 7) is 3.99. The van der Waals surface area contributed by atoms with Gasteiger partial charge in [-0.3, -0.25) is 4.79 Å². The van der Waals surface area contributed by atoms with Gasteiger partial charge in [0.2, 0.25) is 5.95 Å². The first-order valence-corrected chi connectivity index (χ1v) is 5.67. The van der Waals surface area contributed by atoms with Crippen LogP contribution in [0, 0.1) is 5.95 Å². The summed E-state index contributed by atoms with van der Waals surface area (Å²) in [5.74, 6) is -0.805. The molecule has 4 nitrogen and oxygen atoms in total. The van der Waals surface area contributed by atoms with Crippen molar-refractivity contribution in [3.8, 4) is 0 Å². The zero-order valence-corrected chi connectivity index (χ0v) is 10.2. The van der Waals surface area contributed by atoms with Crippen molar-refractivity contribution in [2.24, 2.45) is 0 Å². The Kier molecular flexibility index (Phi) is 3.41. The summed E-state index contributed by atoms with van der Waals surface area (Å²) in [5, 5.41) is 2.68. The third-order valence-electron chi connectivity index (χ3n) is 2.55. The normalized spacial score (nSPS) is 10.7. The average molecular weight is 247 g/mol. The van der Waals surface area contributed by atoms with E-state index in [-0.39, 0.29) is 11.9 Å². The number of amides is 1. The van der Waals surface area contributed by atoms with Gasteiger partial charge in [0.15, 0.2) is 0 Å². The molecule has 0 bridgehead atoms. The van der Waals surface area contributed by atoms with Crippen LogP contribution in [-0.2, 0) is 0 Å². The predicted octanol–water partition coefficient (Wildman–Crippen LogP) is 2.86. The zero-order valence-electron chi connectivity index (χ0n) is 10.2. The molecule has 0 aliphatic carbocycles. The van der Waals surface area contributed by atoms with Gasteiger partial charge in [-0.05, 0) is 38.1 Å². The SMILES string of the molecule is CC(C)n1cccc1C(=O)Nc1ccc(F)nc1. The number of aromatic nitrogens is 2. The highest BCUT2D eigenvalue weighted by Gasteiger charge is 2.12. The molecule has 94 valence electrons. The fraction of sp³-hybridized carbons (Fsp3) is 0.231. The van der Waals surface area contributed by atoms with E-state index in [9.17, 15) is 9.18 Å². The van der Waals surface area contributed by atoms with Crippen LogP contribution in [0.1, 0.15) is 30.4 Å². The summed E-state index contributed by atoms with van der Waals surface area (Å²) in [5.41, 5.74) is 1.03. The Morgan fingerprint density at radius 2 is 2.17 bits per heavy atom. The standard InChI is InChI=1S/C13H14FN3O/c1-9(2)17-7-3-4-11(17)13(18)16-10-5-6-12(14)15-8-10/h3-9H,1-2H3,(H,16,18). The number of hydrogen-bond donors (Lipinski definition) is 1. The molecule has 0 radical (unpaired) electrons. The van der Waals surface area contributed by atoms with Gasteiger partial charge in [-0.15, -0.1) is 0 Å². The van der Waals surface area contributed by atoms with Crippen molar-refractivity contribution >= 4 is 11.6 Å². The van der Waals surface area contributed by atoms with Crippen molar-refractivity contribution in [2.75, 3.05) is 5.32 Å². The Labute approximate surface area is 104 Å². The summed E-state index contributed by atoms with van der Waals surface area (Å²) in [4.78, 5) is 15.5. The molecule has 2 rings (SSSR count). The van der Waals surface area contributed by atoms with Crippen LogP contribution < -0.4 is 5.32 Å². The van der Waals surface area contributed by atoms with Gasteiger partial charge in [0.1, 0.15) is 5.69 Å². The van der Waals surface area contributed by atoms with Crippen LogP contribution in [0.25, 0.3) is 0 Å². The first-order chi connectivity index (χ1) is 8.58. The van der Waals surface area contributed by atoms with Crippen LogP contribution in [0.3, 0.4) is 0 Å². The minimum Gasteiger partial charge on any atom is -0.341 e. The van der Waals surface area contributed by atoms with Gasteiger partial charge in [-0.1, -0.05) is 0 Å². The number of nitrogens with one attached hydrogen (secondary N) is 1. The number of carbonyl (C=O) groups excluding carboxylic acids is 1. The molecule has 5 heteroatoms. The van der Waals surface area contributed by atoms with E-state index in [0.717, 1.165) is 0 Å². The zero-order chi connectivity index (χ0) is 13.1. The maximum absolute atomic E-state index is 12.6. The topological polar surface area (TPSA) is 46.9 Å². The van der Waals surface area contributed by atoms with Crippen molar-refractivity contribution in [3.63, 3.8) is 0 Å². The maximum Gasteiger partial charge on any atom is 0.272 e. The van der Waals surface area contributed by atoms with E-state index < -0.39 is 5.95 Å². The second-order valence-electron chi connectivity index (χ2n) is 4.22. The Balaban J connectivity index is 2.17. The fourth-order valence-corrected chi connectivity index (χ4v) is 1.68. The molecule has 2 heterocycles. The first kappa shape index (κ1) is 12.3. The van der Waals surface area contributed by atoms with E-state index in [1.807, 2.05) is 30.7 Å². The van der Waals surface area contributed by atoms with Crippen LogP contribution in [0.2, 0.25) is 0 Å². The molecule has 0 saturated heterocycles. The third-order valence-corrected chi connectivity index (χ3v) is 2.55. The number of pyridine rings is 1. The van der Waals surface area contributed by atoms with E-state index in [0.29, 0.717) is 11.4 Å². The number of hydrogen-bond acceptors (Lipinski definition) is 2. The first-order valence-electron chi connectivity index (χ1n) is 5.67. The highest BCUT2D eigenvalue weighted by Crippen LogP contribution is 2.13. The molecule has 2 aromatic heterocycles. The number of rotatable bonds is 3. The average Bonchev–Trinajstić information content (AvgIpc) is 2.81. The molecule has 0 atom stereocenters. The van der Waals surface area contributed by atoms with Gasteiger partial charge in [-0.2, -0.15) is 4.39 Å². The van der Waals surface area contributed by atoms with Crippen LogP contribution >= 0.6 is 0 Å². The molecule has 0 fully saturated rings. The molecule has 0 aliphatic rings. The van der Waals surface area contributed by atoms with E-state index in [1.54, 1.807) is 6.07 Å². The van der Waals surface area contributed by atoms with E-state index in [2.05, 4.69) is 10.3 Å². The van der Waals surface area contributed by atoms with Gasteiger partial charge < -0.3 is 9.88 Å². The lowest BCUT2D eigenvalue weighted by Crippen LogP contribution is -2.17. The van der Waals surface area contributed by atoms with Gasteiger partial charge in [0, 0.05) is 12.2 Å². The molecular weight excluding hydrogens is 233 g/mol. The summed E-state index contributed by atoms with van der Waals surface area (Å²) in [6.07, 6.45) is 3.14. The Morgan fingerprint density at radius 1 is 1.39 bits per heavy atom. The lowest BCUT2D eigenvalue weighted by molar-refractivity contribution is 0.101. The molecule has 1 N–H and O–H groups in total. The maximum atomic E-state index is 12.6. The van der Waals surface area contributed by atoms with E-state index >= 15 is 0 Å². The molecular formula is C13H14FN3O. The summed E-state index contributed by atoms with van der Waals surface area (Å²) < 4.78 is 14.5. The summed E-state index contributed by atoms with van der Waals surface area (Å²) in [6, 6.07) is 6.44. The van der Waals surface area contributed by atoms with Crippen LogP contribution in [0.5, 0.6) is 0 Å². The van der Waals surface area contributed by atoms with Gasteiger partial charge in [0.25, 0.3) is 5.91 Å². The summed E-state index contributed by atoms with van der Waals surface area (Å²) >= 11 is 0. The summed E-state index contributed by atoms with van der Waals surface area (Å²) in [7, 11) is 0. The largest absolute Gasteiger partial charge is 0.341 e. The second kappa shape index (κ2) is 5.00. The smallest absolute Gasteiger partial charge is 0.272 e. The van der Waals surface area contributed by atoms with Crippen molar-refractivity contribution < 1.29 is 9.18 Å². The monoisotopic (exact) mass is 247 g/mol. The van der Waals surface area contributed by atoms with Gasteiger partial charge in [0.05, 0.1) is 11.9 Å². The van der Waals surface area contributed by atoms with Gasteiger partial charge in [-0.25, -0.2) is 4.98 Å². The number of halogens is 1. The van der Waals surface area contributed by atoms with Crippen LogP contribution in [0.15, 0.2) is 36.7 Å². The molecule has 2 aromatic rings. The number of nitrogens with zero attached hydrogens (tertiary/aromatic N) is 2. The van der Waals surface area contributed by atoms with Crippen molar-refractivity contribution in [3.05, 3.63) is 48.3 Å². The Morgan fingerprint density at radius 3 is 2.78 bits per heavy atom. The molecule has 0 aliphatic heterocycles. The Hall–Kier alpha value is -2.17. The van der Waals surface area contributed by atoms with Gasteiger partial charge >= 0.3 is 0 Å². The minimum absolute atomic E-state index is 0.201. The molecule has 0 aromatic carbocycles. The van der Waals surface area contributed by atoms with Crippen molar-refractivity contribution in [2.45, 2.75) is 19.9 Å². The molecule has 18 heavy (non-hydrogen) atoms. The van der Waals surface area contributed by atoms with Crippen LogP contribution in [-0.4, -0.2) is 15.5 Å². The molecule has 0 unspecified atom stereocenters. The van der Waals surface area contributed by atoms with E-state index in [4.69, 9.17) is 0 Å². The third kappa shape index (κ3) is 2.56. The second-order valence-corrected chi connectivity index (χ2v) is 4.22. The van der Waals surface area contributed by atoms with E-state index in [1.165, 1.54) is 18.3 Å². The predicted molar refractivity (Wildman–Crippen MR) is 67.0 cm³/mol. The lowest BCUT2D eigenvalue weighted by Gasteiger charge is -2.12. The highest BCUT2D eigenvalue weighted by atomic mass is 19.1. The lowest BCUT2D eigenvalue weighted by atomic mass is 10.3. The minimum atomic E-state index is -0.571. The Bertz CT molecular complexity index is 546.